The van der Waals surface area contributed by atoms with E-state index in [4.69, 9.17) is 22.4 Å². The molecule has 1 aromatic rings. The van der Waals surface area contributed by atoms with Crippen molar-refractivity contribution in [3.8, 4) is 0 Å². The molecule has 13 heavy (non-hydrogen) atoms. The quantitative estimate of drug-likeness (QED) is 0.680. The lowest BCUT2D eigenvalue weighted by molar-refractivity contribution is 0.110. The second kappa shape index (κ2) is 7.20. The first-order valence-corrected chi connectivity index (χ1v) is 4.89. The molecule has 0 saturated carbocycles. The Kier molecular flexibility index (Phi) is 7.07. The molecule has 1 aromatic heterocycles. The highest BCUT2D eigenvalue weighted by Crippen LogP contribution is 2.04. The van der Waals surface area contributed by atoms with Gasteiger partial charge in [0.25, 0.3) is 0 Å². The van der Waals surface area contributed by atoms with Crippen LogP contribution in [0, 0.1) is 4.64 Å². The van der Waals surface area contributed by atoms with Crippen LogP contribution in [0.2, 0.25) is 0 Å². The Labute approximate surface area is 90.6 Å². The van der Waals surface area contributed by atoms with E-state index in [-0.39, 0.29) is 6.61 Å². The molecule has 1 atom stereocenters. The lowest BCUT2D eigenvalue weighted by atomic mass is 10.5. The van der Waals surface area contributed by atoms with Gasteiger partial charge in [0.15, 0.2) is 0 Å². The Morgan fingerprint density at radius 2 is 2.15 bits per heavy atom. The molecule has 0 saturated heterocycles. The Balaban J connectivity index is 0.000000252. The van der Waals surface area contributed by atoms with Gasteiger partial charge in [0.2, 0.25) is 0 Å². The fourth-order valence-electron chi connectivity index (χ4n) is 0.392. The fourth-order valence-corrected chi connectivity index (χ4v) is 0.765. The molecule has 0 aliphatic rings. The van der Waals surface area contributed by atoms with Gasteiger partial charge in [-0.15, -0.1) is 0 Å². The minimum atomic E-state index is -0.560. The topological polar surface area (TPSA) is 56.2 Å². The maximum absolute atomic E-state index is 8.11. The summed E-state index contributed by atoms with van der Waals surface area (Å²) in [6.07, 6.45) is 1.25. The van der Waals surface area contributed by atoms with Gasteiger partial charge in [-0.2, -0.15) is 0 Å². The molecule has 0 spiro atoms. The highest BCUT2D eigenvalue weighted by molar-refractivity contribution is 9.10. The van der Waals surface area contributed by atoms with Gasteiger partial charge in [-0.1, -0.05) is 12.2 Å². The average molecular weight is 266 g/mol. The van der Waals surface area contributed by atoms with Crippen molar-refractivity contribution in [2.45, 2.75) is 13.0 Å². The molecule has 0 aromatic carbocycles. The standard InChI is InChI=1S/C5H4BrNS.C3H8O2/c6-4-1-2-5(8)7-3-4;1-3(5)2-4/h1-3H,(H,7,8);3-5H,2H2,1H3. The average Bonchev–Trinajstić information content (AvgIpc) is 2.11. The molecule has 5 heteroatoms. The first kappa shape index (κ1) is 12.8. The molecule has 0 bridgehead atoms. The van der Waals surface area contributed by atoms with E-state index in [0.717, 1.165) is 9.11 Å². The van der Waals surface area contributed by atoms with Crippen molar-refractivity contribution in [2.24, 2.45) is 0 Å². The normalized spacial score (nSPS) is 11.4. The van der Waals surface area contributed by atoms with Crippen molar-refractivity contribution >= 4 is 28.1 Å². The monoisotopic (exact) mass is 265 g/mol. The molecule has 0 fully saturated rings. The highest BCUT2D eigenvalue weighted by Gasteiger charge is 1.83. The Morgan fingerprint density at radius 1 is 1.62 bits per heavy atom. The predicted molar refractivity (Wildman–Crippen MR) is 58.1 cm³/mol. The van der Waals surface area contributed by atoms with Gasteiger partial charge < -0.3 is 15.2 Å². The van der Waals surface area contributed by atoms with E-state index in [2.05, 4.69) is 20.9 Å². The second-order valence-electron chi connectivity index (χ2n) is 2.40. The molecule has 0 aliphatic carbocycles. The first-order chi connectivity index (χ1) is 6.06. The van der Waals surface area contributed by atoms with E-state index in [1.54, 1.807) is 0 Å². The minimum absolute atomic E-state index is 0.139. The van der Waals surface area contributed by atoms with E-state index < -0.39 is 6.10 Å². The number of hydrogen-bond donors (Lipinski definition) is 3. The molecule has 1 unspecified atom stereocenters. The van der Waals surface area contributed by atoms with Crippen LogP contribution in [0.4, 0.5) is 0 Å². The van der Waals surface area contributed by atoms with Crippen LogP contribution in [0.3, 0.4) is 0 Å². The largest absolute Gasteiger partial charge is 0.394 e. The van der Waals surface area contributed by atoms with E-state index in [1.165, 1.54) is 6.92 Å². The van der Waals surface area contributed by atoms with Gasteiger partial charge in [0, 0.05) is 10.7 Å². The summed E-state index contributed by atoms with van der Waals surface area (Å²) in [4.78, 5) is 2.87. The maximum atomic E-state index is 8.11. The Morgan fingerprint density at radius 3 is 2.38 bits per heavy atom. The van der Waals surface area contributed by atoms with Crippen LogP contribution in [0.15, 0.2) is 22.8 Å². The van der Waals surface area contributed by atoms with Crippen molar-refractivity contribution in [2.75, 3.05) is 6.61 Å². The molecule has 0 amide bonds. The Bertz CT molecular complexity index is 267. The zero-order chi connectivity index (χ0) is 10.3. The van der Waals surface area contributed by atoms with Crippen LogP contribution >= 0.6 is 28.1 Å². The molecule has 3 nitrogen and oxygen atoms in total. The Hall–Kier alpha value is -0.230. The van der Waals surface area contributed by atoms with Gasteiger partial charge >= 0.3 is 0 Å². The summed E-state index contributed by atoms with van der Waals surface area (Å²) >= 11 is 8.06. The van der Waals surface area contributed by atoms with Crippen LogP contribution < -0.4 is 0 Å². The van der Waals surface area contributed by atoms with Crippen LogP contribution in [0.5, 0.6) is 0 Å². The number of rotatable bonds is 1. The van der Waals surface area contributed by atoms with Crippen molar-refractivity contribution in [3.63, 3.8) is 0 Å². The van der Waals surface area contributed by atoms with Gasteiger partial charge in [-0.05, 0) is 35.0 Å². The van der Waals surface area contributed by atoms with E-state index >= 15 is 0 Å². The molecule has 0 radical (unpaired) electrons. The number of H-pyrrole nitrogens is 1. The van der Waals surface area contributed by atoms with E-state index in [9.17, 15) is 0 Å². The summed E-state index contributed by atoms with van der Waals surface area (Å²) in [6.45, 7) is 1.39. The molecule has 1 rings (SSSR count). The molecular weight excluding hydrogens is 254 g/mol. The van der Waals surface area contributed by atoms with Gasteiger partial charge in [-0.3, -0.25) is 0 Å². The van der Waals surface area contributed by atoms with Gasteiger partial charge in [0.1, 0.15) is 4.64 Å². The van der Waals surface area contributed by atoms with Crippen molar-refractivity contribution in [1.82, 2.24) is 4.98 Å². The number of aliphatic hydroxyl groups excluding tert-OH is 2. The van der Waals surface area contributed by atoms with Crippen LogP contribution in [0.1, 0.15) is 6.92 Å². The lowest BCUT2D eigenvalue weighted by Crippen LogP contribution is -2.03. The molecule has 0 aliphatic heterocycles. The third-order valence-electron chi connectivity index (χ3n) is 1.01. The highest BCUT2D eigenvalue weighted by atomic mass is 79.9. The third kappa shape index (κ3) is 8.11. The lowest BCUT2D eigenvalue weighted by Gasteiger charge is -1.90. The zero-order valence-corrected chi connectivity index (χ0v) is 9.60. The summed E-state index contributed by atoms with van der Waals surface area (Å²) in [5.74, 6) is 0. The minimum Gasteiger partial charge on any atom is -0.394 e. The summed E-state index contributed by atoms with van der Waals surface area (Å²) in [5, 5.41) is 16.0. The molecule has 74 valence electrons. The van der Waals surface area contributed by atoms with Gasteiger partial charge in [0.05, 0.1) is 12.7 Å². The summed E-state index contributed by atoms with van der Waals surface area (Å²) < 4.78 is 1.78. The van der Waals surface area contributed by atoms with E-state index in [1.807, 2.05) is 18.3 Å². The summed E-state index contributed by atoms with van der Waals surface area (Å²) in [7, 11) is 0. The zero-order valence-electron chi connectivity index (χ0n) is 7.20. The van der Waals surface area contributed by atoms with E-state index in [0.29, 0.717) is 0 Å². The van der Waals surface area contributed by atoms with Crippen molar-refractivity contribution < 1.29 is 10.2 Å². The second-order valence-corrected chi connectivity index (χ2v) is 3.76. The molecule has 1 heterocycles. The molecule has 3 N–H and O–H groups in total. The third-order valence-corrected chi connectivity index (χ3v) is 1.76. The molecular formula is C8H12BrNO2S. The maximum Gasteiger partial charge on any atom is 0.103 e. The first-order valence-electron chi connectivity index (χ1n) is 3.69. The SMILES string of the molecule is CC(O)CO.S=c1ccc(Br)c[nH]1. The predicted octanol–water partition coefficient (Wildman–Crippen LogP) is 1.87. The number of aromatic nitrogens is 1. The van der Waals surface area contributed by atoms with Crippen LogP contribution in [-0.4, -0.2) is 27.9 Å². The summed E-state index contributed by atoms with van der Waals surface area (Å²) in [6, 6.07) is 3.73. The number of pyridine rings is 1. The number of aromatic amines is 1. The number of halogens is 1. The number of hydrogen-bond acceptors (Lipinski definition) is 3. The fraction of sp³-hybridized carbons (Fsp3) is 0.375. The van der Waals surface area contributed by atoms with Gasteiger partial charge in [-0.25, -0.2) is 0 Å². The summed E-state index contributed by atoms with van der Waals surface area (Å²) in [5.41, 5.74) is 0. The van der Waals surface area contributed by atoms with Crippen LogP contribution in [-0.2, 0) is 0 Å². The number of aliphatic hydroxyl groups is 2. The van der Waals surface area contributed by atoms with Crippen LogP contribution in [0.25, 0.3) is 0 Å². The number of nitrogens with one attached hydrogen (secondary N) is 1. The van der Waals surface area contributed by atoms with Crippen molar-refractivity contribution in [3.05, 3.63) is 27.4 Å². The smallest absolute Gasteiger partial charge is 0.103 e. The van der Waals surface area contributed by atoms with Crippen molar-refractivity contribution in [1.29, 1.82) is 0 Å².